The molecule has 1 unspecified atom stereocenters. The quantitative estimate of drug-likeness (QED) is 0.935. The molecule has 1 N–H and O–H groups in total. The van der Waals surface area contributed by atoms with Crippen molar-refractivity contribution in [1.29, 1.82) is 0 Å². The van der Waals surface area contributed by atoms with Gasteiger partial charge < -0.3 is 9.73 Å². The van der Waals surface area contributed by atoms with E-state index >= 15 is 0 Å². The van der Waals surface area contributed by atoms with Gasteiger partial charge in [0.25, 0.3) is 0 Å². The van der Waals surface area contributed by atoms with Crippen LogP contribution in [0.3, 0.4) is 0 Å². The highest BCUT2D eigenvalue weighted by Crippen LogP contribution is 2.13. The van der Waals surface area contributed by atoms with Crippen molar-refractivity contribution in [2.45, 2.75) is 32.4 Å². The summed E-state index contributed by atoms with van der Waals surface area (Å²) in [5.74, 6) is 2.08. The summed E-state index contributed by atoms with van der Waals surface area (Å²) in [6.45, 7) is 6.24. The normalized spacial score (nSPS) is 20.3. The van der Waals surface area contributed by atoms with Gasteiger partial charge >= 0.3 is 0 Å². The van der Waals surface area contributed by atoms with Crippen molar-refractivity contribution < 1.29 is 4.42 Å². The molecule has 21 heavy (non-hydrogen) atoms. The molecule has 1 atom stereocenters. The van der Waals surface area contributed by atoms with Gasteiger partial charge in [0.2, 0.25) is 0 Å². The topological polar surface area (TPSA) is 28.4 Å². The van der Waals surface area contributed by atoms with E-state index in [1.807, 2.05) is 13.0 Å². The lowest BCUT2D eigenvalue weighted by Crippen LogP contribution is -2.38. The SMILES string of the molecule is Cc1ccc(CN2CCCNC(Cc3ccccc3)C2)o1. The minimum Gasteiger partial charge on any atom is -0.465 e. The number of hydrogen-bond acceptors (Lipinski definition) is 3. The highest BCUT2D eigenvalue weighted by Gasteiger charge is 2.18. The van der Waals surface area contributed by atoms with Crippen LogP contribution in [0.5, 0.6) is 0 Å². The van der Waals surface area contributed by atoms with Crippen LogP contribution in [0.15, 0.2) is 46.9 Å². The van der Waals surface area contributed by atoms with Crippen molar-refractivity contribution in [2.75, 3.05) is 19.6 Å². The summed E-state index contributed by atoms with van der Waals surface area (Å²) in [5, 5.41) is 3.68. The molecule has 3 nitrogen and oxygen atoms in total. The molecule has 0 radical (unpaired) electrons. The largest absolute Gasteiger partial charge is 0.465 e. The molecule has 1 fully saturated rings. The Labute approximate surface area is 127 Å². The zero-order chi connectivity index (χ0) is 14.5. The second-order valence-corrected chi connectivity index (χ2v) is 5.94. The lowest BCUT2D eigenvalue weighted by molar-refractivity contribution is 0.237. The second kappa shape index (κ2) is 6.92. The Morgan fingerprint density at radius 2 is 2.05 bits per heavy atom. The number of nitrogens with zero attached hydrogens (tertiary/aromatic N) is 1. The second-order valence-electron chi connectivity index (χ2n) is 5.94. The number of rotatable bonds is 4. The van der Waals surface area contributed by atoms with E-state index in [1.165, 1.54) is 12.0 Å². The monoisotopic (exact) mass is 284 g/mol. The van der Waals surface area contributed by atoms with Gasteiger partial charge in [0.05, 0.1) is 6.54 Å². The molecule has 1 aliphatic heterocycles. The summed E-state index contributed by atoms with van der Waals surface area (Å²) in [4.78, 5) is 2.51. The van der Waals surface area contributed by atoms with Gasteiger partial charge in [-0.2, -0.15) is 0 Å². The van der Waals surface area contributed by atoms with Crippen LogP contribution in [0.2, 0.25) is 0 Å². The summed E-state index contributed by atoms with van der Waals surface area (Å²) < 4.78 is 5.72. The molecular weight excluding hydrogens is 260 g/mol. The van der Waals surface area contributed by atoms with Crippen LogP contribution < -0.4 is 5.32 Å². The molecule has 3 heteroatoms. The molecule has 0 saturated carbocycles. The van der Waals surface area contributed by atoms with Crippen molar-refractivity contribution in [2.24, 2.45) is 0 Å². The molecule has 3 rings (SSSR count). The fourth-order valence-corrected chi connectivity index (χ4v) is 3.05. The fourth-order valence-electron chi connectivity index (χ4n) is 3.05. The van der Waals surface area contributed by atoms with Crippen LogP contribution in [-0.2, 0) is 13.0 Å². The van der Waals surface area contributed by atoms with Crippen LogP contribution in [-0.4, -0.2) is 30.6 Å². The Balaban J connectivity index is 1.60. The molecule has 0 bridgehead atoms. The van der Waals surface area contributed by atoms with Gasteiger partial charge in [-0.3, -0.25) is 4.90 Å². The van der Waals surface area contributed by atoms with Gasteiger partial charge in [-0.05, 0) is 50.6 Å². The zero-order valence-electron chi connectivity index (χ0n) is 12.7. The van der Waals surface area contributed by atoms with E-state index in [0.717, 1.165) is 44.1 Å². The summed E-state index contributed by atoms with van der Waals surface area (Å²) in [6, 6.07) is 15.4. The lowest BCUT2D eigenvalue weighted by Gasteiger charge is -2.23. The van der Waals surface area contributed by atoms with Gasteiger partial charge in [0.1, 0.15) is 11.5 Å². The zero-order valence-corrected chi connectivity index (χ0v) is 12.7. The molecule has 2 aromatic rings. The molecule has 1 aliphatic rings. The van der Waals surface area contributed by atoms with Crippen LogP contribution in [0, 0.1) is 6.92 Å². The van der Waals surface area contributed by atoms with Crippen LogP contribution in [0.1, 0.15) is 23.5 Å². The van der Waals surface area contributed by atoms with E-state index in [-0.39, 0.29) is 0 Å². The third kappa shape index (κ3) is 4.19. The third-order valence-corrected chi connectivity index (χ3v) is 4.06. The smallest absolute Gasteiger partial charge is 0.118 e. The predicted octanol–water partition coefficient (Wildman–Crippen LogP) is 2.99. The Morgan fingerprint density at radius 1 is 1.19 bits per heavy atom. The van der Waals surface area contributed by atoms with Gasteiger partial charge in [-0.1, -0.05) is 30.3 Å². The Morgan fingerprint density at radius 3 is 2.81 bits per heavy atom. The highest BCUT2D eigenvalue weighted by atomic mass is 16.3. The fraction of sp³-hybridized carbons (Fsp3) is 0.444. The first kappa shape index (κ1) is 14.4. The molecule has 1 aromatic carbocycles. The number of aryl methyl sites for hydroxylation is 1. The van der Waals surface area contributed by atoms with E-state index in [4.69, 9.17) is 4.42 Å². The first-order valence-electron chi connectivity index (χ1n) is 7.84. The van der Waals surface area contributed by atoms with Gasteiger partial charge in [-0.25, -0.2) is 0 Å². The number of hydrogen-bond donors (Lipinski definition) is 1. The van der Waals surface area contributed by atoms with E-state index in [2.05, 4.69) is 46.6 Å². The Kier molecular flexibility index (Phi) is 4.73. The molecule has 0 spiro atoms. The minimum atomic E-state index is 0.519. The summed E-state index contributed by atoms with van der Waals surface area (Å²) in [5.41, 5.74) is 1.41. The van der Waals surface area contributed by atoms with Crippen LogP contribution in [0.4, 0.5) is 0 Å². The predicted molar refractivity (Wildman–Crippen MR) is 85.3 cm³/mol. The maximum atomic E-state index is 5.72. The first-order valence-corrected chi connectivity index (χ1v) is 7.84. The molecule has 0 aliphatic carbocycles. The summed E-state index contributed by atoms with van der Waals surface area (Å²) in [7, 11) is 0. The minimum absolute atomic E-state index is 0.519. The molecule has 2 heterocycles. The van der Waals surface area contributed by atoms with Crippen LogP contribution >= 0.6 is 0 Å². The van der Waals surface area contributed by atoms with Crippen molar-refractivity contribution in [3.63, 3.8) is 0 Å². The Hall–Kier alpha value is -1.58. The average Bonchev–Trinajstić information content (AvgIpc) is 2.76. The summed E-state index contributed by atoms with van der Waals surface area (Å²) >= 11 is 0. The standard InChI is InChI=1S/C18H24N2O/c1-15-8-9-18(21-15)14-20-11-5-10-19-17(13-20)12-16-6-3-2-4-7-16/h2-4,6-9,17,19H,5,10-14H2,1H3. The van der Waals surface area contributed by atoms with Crippen LogP contribution in [0.25, 0.3) is 0 Å². The van der Waals surface area contributed by atoms with Crippen molar-refractivity contribution in [3.8, 4) is 0 Å². The molecule has 112 valence electrons. The summed E-state index contributed by atoms with van der Waals surface area (Å²) in [6.07, 6.45) is 2.29. The molecular formula is C18H24N2O. The highest BCUT2D eigenvalue weighted by molar-refractivity contribution is 5.16. The average molecular weight is 284 g/mol. The lowest BCUT2D eigenvalue weighted by atomic mass is 10.1. The van der Waals surface area contributed by atoms with E-state index in [1.54, 1.807) is 0 Å². The number of furan rings is 1. The molecule has 1 saturated heterocycles. The maximum Gasteiger partial charge on any atom is 0.118 e. The van der Waals surface area contributed by atoms with E-state index < -0.39 is 0 Å². The van der Waals surface area contributed by atoms with Gasteiger partial charge in [0, 0.05) is 12.6 Å². The van der Waals surface area contributed by atoms with Crippen molar-refractivity contribution >= 4 is 0 Å². The maximum absolute atomic E-state index is 5.72. The van der Waals surface area contributed by atoms with E-state index in [0.29, 0.717) is 6.04 Å². The van der Waals surface area contributed by atoms with Crippen molar-refractivity contribution in [3.05, 3.63) is 59.5 Å². The molecule has 1 aromatic heterocycles. The first-order chi connectivity index (χ1) is 10.3. The third-order valence-electron chi connectivity index (χ3n) is 4.06. The molecule has 0 amide bonds. The Bertz CT molecular complexity index is 549. The van der Waals surface area contributed by atoms with Gasteiger partial charge in [-0.15, -0.1) is 0 Å². The van der Waals surface area contributed by atoms with Crippen molar-refractivity contribution in [1.82, 2.24) is 10.2 Å². The number of nitrogens with one attached hydrogen (secondary N) is 1. The number of benzene rings is 1. The van der Waals surface area contributed by atoms with Gasteiger partial charge in [0.15, 0.2) is 0 Å². The van der Waals surface area contributed by atoms with E-state index in [9.17, 15) is 0 Å².